The lowest BCUT2D eigenvalue weighted by atomic mass is 9.94. The van der Waals surface area contributed by atoms with Crippen molar-refractivity contribution in [2.45, 2.75) is 46.5 Å². The molecule has 1 amide bonds. The highest BCUT2D eigenvalue weighted by Gasteiger charge is 2.19. The fourth-order valence-electron chi connectivity index (χ4n) is 2.16. The van der Waals surface area contributed by atoms with Crippen LogP contribution in [0.15, 0.2) is 24.3 Å². The van der Waals surface area contributed by atoms with Crippen LogP contribution >= 0.6 is 0 Å². The molecule has 0 saturated heterocycles. The van der Waals surface area contributed by atoms with Gasteiger partial charge in [-0.3, -0.25) is 9.59 Å². The predicted octanol–water partition coefficient (Wildman–Crippen LogP) is 3.85. The van der Waals surface area contributed by atoms with Gasteiger partial charge in [-0.1, -0.05) is 38.5 Å². The Morgan fingerprint density at radius 1 is 1.14 bits per heavy atom. The van der Waals surface area contributed by atoms with E-state index in [0.29, 0.717) is 18.8 Å². The highest BCUT2D eigenvalue weighted by molar-refractivity contribution is 5.91. The largest absolute Gasteiger partial charge is 0.481 e. The third-order valence-corrected chi connectivity index (χ3v) is 3.58. The summed E-state index contributed by atoms with van der Waals surface area (Å²) in [5.41, 5.74) is 1.79. The molecule has 0 bridgehead atoms. The second-order valence-electron chi connectivity index (χ2n) is 5.91. The first-order valence-electron chi connectivity index (χ1n) is 7.48. The maximum absolute atomic E-state index is 11.9. The van der Waals surface area contributed by atoms with Gasteiger partial charge in [0, 0.05) is 12.1 Å². The molecular formula is C17H25NO3. The van der Waals surface area contributed by atoms with Crippen molar-refractivity contribution in [2.24, 2.45) is 11.8 Å². The van der Waals surface area contributed by atoms with Gasteiger partial charge in [-0.2, -0.15) is 0 Å². The Morgan fingerprint density at radius 3 is 2.38 bits per heavy atom. The van der Waals surface area contributed by atoms with E-state index in [1.54, 1.807) is 0 Å². The lowest BCUT2D eigenvalue weighted by molar-refractivity contribution is -0.142. The summed E-state index contributed by atoms with van der Waals surface area (Å²) in [5, 5.41) is 12.0. The molecule has 0 radical (unpaired) electrons. The van der Waals surface area contributed by atoms with Gasteiger partial charge < -0.3 is 10.4 Å². The van der Waals surface area contributed by atoms with E-state index in [9.17, 15) is 14.7 Å². The smallest absolute Gasteiger partial charge is 0.306 e. The normalized spacial score (nSPS) is 12.2. The van der Waals surface area contributed by atoms with Crippen LogP contribution in [-0.4, -0.2) is 17.0 Å². The van der Waals surface area contributed by atoms with Crippen molar-refractivity contribution >= 4 is 17.6 Å². The van der Waals surface area contributed by atoms with Crippen LogP contribution < -0.4 is 5.32 Å². The van der Waals surface area contributed by atoms with Gasteiger partial charge >= 0.3 is 5.97 Å². The lowest BCUT2D eigenvalue weighted by Crippen LogP contribution is -2.19. The van der Waals surface area contributed by atoms with Gasteiger partial charge in [-0.15, -0.1) is 0 Å². The summed E-state index contributed by atoms with van der Waals surface area (Å²) in [5.74, 6) is -0.887. The Labute approximate surface area is 126 Å². The van der Waals surface area contributed by atoms with Crippen LogP contribution in [0.2, 0.25) is 0 Å². The highest BCUT2D eigenvalue weighted by Crippen LogP contribution is 2.19. The number of carbonyl (C=O) groups is 2. The number of aryl methyl sites for hydroxylation is 1. The van der Waals surface area contributed by atoms with Gasteiger partial charge in [0.05, 0.1) is 5.92 Å². The molecule has 1 unspecified atom stereocenters. The topological polar surface area (TPSA) is 66.4 Å². The fourth-order valence-corrected chi connectivity index (χ4v) is 2.16. The van der Waals surface area contributed by atoms with Crippen LogP contribution in [0, 0.1) is 18.8 Å². The Balaban J connectivity index is 2.46. The maximum atomic E-state index is 11.9. The first-order chi connectivity index (χ1) is 9.90. The van der Waals surface area contributed by atoms with E-state index in [2.05, 4.69) is 19.2 Å². The average molecular weight is 291 g/mol. The Bertz CT molecular complexity index is 483. The molecule has 1 aromatic rings. The molecule has 0 aliphatic heterocycles. The summed E-state index contributed by atoms with van der Waals surface area (Å²) in [6, 6.07) is 7.56. The summed E-state index contributed by atoms with van der Waals surface area (Å²) in [4.78, 5) is 23.1. The zero-order chi connectivity index (χ0) is 15.8. The van der Waals surface area contributed by atoms with E-state index < -0.39 is 11.9 Å². The summed E-state index contributed by atoms with van der Waals surface area (Å²) < 4.78 is 0. The Kier molecular flexibility index (Phi) is 6.92. The van der Waals surface area contributed by atoms with Crippen molar-refractivity contribution in [3.05, 3.63) is 29.8 Å². The first-order valence-corrected chi connectivity index (χ1v) is 7.48. The molecule has 0 saturated carbocycles. The number of carbonyl (C=O) groups excluding carboxylic acids is 1. The second-order valence-corrected chi connectivity index (χ2v) is 5.91. The summed E-state index contributed by atoms with van der Waals surface area (Å²) in [6.45, 7) is 6.08. The molecular weight excluding hydrogens is 266 g/mol. The molecule has 0 aliphatic carbocycles. The van der Waals surface area contributed by atoms with Crippen LogP contribution in [0.1, 0.15) is 45.1 Å². The Hall–Kier alpha value is -1.84. The van der Waals surface area contributed by atoms with Crippen LogP contribution in [0.5, 0.6) is 0 Å². The number of para-hydroxylation sites is 1. The number of hydrogen-bond donors (Lipinski definition) is 2. The molecule has 4 nitrogen and oxygen atoms in total. The molecule has 4 heteroatoms. The first kappa shape index (κ1) is 17.2. The number of nitrogens with one attached hydrogen (secondary N) is 1. The van der Waals surface area contributed by atoms with E-state index >= 15 is 0 Å². The van der Waals surface area contributed by atoms with E-state index in [1.165, 1.54) is 0 Å². The molecule has 1 aromatic carbocycles. The van der Waals surface area contributed by atoms with Crippen molar-refractivity contribution in [1.82, 2.24) is 0 Å². The van der Waals surface area contributed by atoms with Gasteiger partial charge in [0.2, 0.25) is 5.91 Å². The van der Waals surface area contributed by atoms with Crippen LogP contribution in [0.4, 0.5) is 5.69 Å². The summed E-state index contributed by atoms with van der Waals surface area (Å²) >= 11 is 0. The number of carboxylic acid groups (broad SMARTS) is 1. The van der Waals surface area contributed by atoms with Crippen molar-refractivity contribution in [1.29, 1.82) is 0 Å². The van der Waals surface area contributed by atoms with E-state index in [4.69, 9.17) is 0 Å². The third kappa shape index (κ3) is 6.43. The zero-order valence-electron chi connectivity index (χ0n) is 13.1. The predicted molar refractivity (Wildman–Crippen MR) is 84.2 cm³/mol. The summed E-state index contributed by atoms with van der Waals surface area (Å²) in [7, 11) is 0. The molecule has 0 aromatic heterocycles. The van der Waals surface area contributed by atoms with E-state index in [1.807, 2.05) is 31.2 Å². The fraction of sp³-hybridized carbons (Fsp3) is 0.529. The maximum Gasteiger partial charge on any atom is 0.306 e. The number of amides is 1. The number of anilines is 1. The molecule has 116 valence electrons. The van der Waals surface area contributed by atoms with Gasteiger partial charge in [-0.05, 0) is 37.3 Å². The minimum Gasteiger partial charge on any atom is -0.481 e. The van der Waals surface area contributed by atoms with E-state index in [0.717, 1.165) is 17.7 Å². The number of benzene rings is 1. The van der Waals surface area contributed by atoms with Crippen LogP contribution in [0.3, 0.4) is 0 Å². The van der Waals surface area contributed by atoms with Crippen LogP contribution in [0.25, 0.3) is 0 Å². The van der Waals surface area contributed by atoms with E-state index in [-0.39, 0.29) is 12.3 Å². The molecule has 0 heterocycles. The number of rotatable bonds is 8. The third-order valence-electron chi connectivity index (χ3n) is 3.58. The molecule has 0 aliphatic rings. The quantitative estimate of drug-likeness (QED) is 0.764. The standard InChI is InChI=1S/C17H25NO3/c1-12(2)8-9-14(17(20)21)10-11-16(19)18-15-7-5-4-6-13(15)3/h4-7,12,14H,8-11H2,1-3H3,(H,18,19)(H,20,21). The number of hydrogen-bond acceptors (Lipinski definition) is 2. The number of carboxylic acids is 1. The second kappa shape index (κ2) is 8.45. The zero-order valence-corrected chi connectivity index (χ0v) is 13.1. The summed E-state index contributed by atoms with van der Waals surface area (Å²) in [6.07, 6.45) is 2.13. The molecule has 0 fully saturated rings. The van der Waals surface area contributed by atoms with Crippen molar-refractivity contribution < 1.29 is 14.7 Å². The minimum absolute atomic E-state index is 0.125. The minimum atomic E-state index is -0.806. The SMILES string of the molecule is Cc1ccccc1NC(=O)CCC(CCC(C)C)C(=O)O. The molecule has 0 spiro atoms. The molecule has 1 atom stereocenters. The van der Waals surface area contributed by atoms with Crippen LogP contribution in [-0.2, 0) is 9.59 Å². The van der Waals surface area contributed by atoms with Crippen molar-refractivity contribution in [3.8, 4) is 0 Å². The molecule has 2 N–H and O–H groups in total. The van der Waals surface area contributed by atoms with Gasteiger partial charge in [0.1, 0.15) is 0 Å². The lowest BCUT2D eigenvalue weighted by Gasteiger charge is -2.14. The highest BCUT2D eigenvalue weighted by atomic mass is 16.4. The Morgan fingerprint density at radius 2 is 1.81 bits per heavy atom. The molecule has 1 rings (SSSR count). The van der Waals surface area contributed by atoms with Crippen molar-refractivity contribution in [2.75, 3.05) is 5.32 Å². The monoisotopic (exact) mass is 291 g/mol. The van der Waals surface area contributed by atoms with Gasteiger partial charge in [0.25, 0.3) is 0 Å². The molecule has 21 heavy (non-hydrogen) atoms. The van der Waals surface area contributed by atoms with Gasteiger partial charge in [0.15, 0.2) is 0 Å². The number of aliphatic carboxylic acids is 1. The van der Waals surface area contributed by atoms with Crippen molar-refractivity contribution in [3.63, 3.8) is 0 Å². The van der Waals surface area contributed by atoms with Gasteiger partial charge in [-0.25, -0.2) is 0 Å². The average Bonchev–Trinajstić information content (AvgIpc) is 2.40.